The van der Waals surface area contributed by atoms with E-state index in [1.54, 1.807) is 0 Å². The van der Waals surface area contributed by atoms with Crippen LogP contribution in [0.2, 0.25) is 5.02 Å². The minimum Gasteiger partial charge on any atom is -0.449 e. The number of anilines is 1. The maximum atomic E-state index is 12.6. The van der Waals surface area contributed by atoms with E-state index in [-0.39, 0.29) is 33.1 Å². The zero-order valence-electron chi connectivity index (χ0n) is 18.3. The van der Waals surface area contributed by atoms with E-state index in [2.05, 4.69) is 10.0 Å². The van der Waals surface area contributed by atoms with Crippen molar-refractivity contribution in [3.05, 3.63) is 63.2 Å². The zero-order chi connectivity index (χ0) is 24.9. The summed E-state index contributed by atoms with van der Waals surface area (Å²) in [5, 5.41) is 13.7. The van der Waals surface area contributed by atoms with E-state index in [9.17, 15) is 28.1 Å². The van der Waals surface area contributed by atoms with Crippen LogP contribution in [0.25, 0.3) is 0 Å². The highest BCUT2D eigenvalue weighted by atomic mass is 35.5. The first-order valence-corrected chi connectivity index (χ1v) is 12.5. The van der Waals surface area contributed by atoms with Gasteiger partial charge in [0.25, 0.3) is 21.6 Å². The number of esters is 1. The molecule has 0 spiro atoms. The Morgan fingerprint density at radius 3 is 2.38 bits per heavy atom. The lowest BCUT2D eigenvalue weighted by Gasteiger charge is -2.24. The molecule has 0 bridgehead atoms. The third-order valence-electron chi connectivity index (χ3n) is 5.40. The number of rotatable bonds is 8. The van der Waals surface area contributed by atoms with Crippen molar-refractivity contribution >= 4 is 44.9 Å². The van der Waals surface area contributed by atoms with Crippen molar-refractivity contribution in [2.75, 3.05) is 4.72 Å². The molecule has 2 aromatic rings. The minimum absolute atomic E-state index is 0.0942. The van der Waals surface area contributed by atoms with Gasteiger partial charge in [-0.15, -0.1) is 0 Å². The monoisotopic (exact) mass is 509 g/mol. The number of ether oxygens (including phenoxy) is 1. The largest absolute Gasteiger partial charge is 0.449 e. The van der Waals surface area contributed by atoms with Crippen LogP contribution in [-0.2, 0) is 19.6 Å². The number of nitrogens with one attached hydrogen (secondary N) is 2. The van der Waals surface area contributed by atoms with Gasteiger partial charge in [-0.25, -0.2) is 13.2 Å². The van der Waals surface area contributed by atoms with E-state index in [4.69, 9.17) is 16.3 Å². The van der Waals surface area contributed by atoms with Gasteiger partial charge < -0.3 is 10.1 Å². The van der Waals surface area contributed by atoms with Gasteiger partial charge in [-0.05, 0) is 56.2 Å². The van der Waals surface area contributed by atoms with Crippen LogP contribution in [0.5, 0.6) is 0 Å². The van der Waals surface area contributed by atoms with Gasteiger partial charge in [0, 0.05) is 17.8 Å². The summed E-state index contributed by atoms with van der Waals surface area (Å²) in [5.74, 6) is -1.09. The first-order valence-electron chi connectivity index (χ1n) is 10.6. The second-order valence-electron chi connectivity index (χ2n) is 7.94. The highest BCUT2D eigenvalue weighted by Gasteiger charge is 2.24. The van der Waals surface area contributed by atoms with E-state index in [0.717, 1.165) is 50.3 Å². The molecule has 1 aliphatic carbocycles. The lowest BCUT2D eigenvalue weighted by molar-refractivity contribution is -0.384. The van der Waals surface area contributed by atoms with Gasteiger partial charge in [0.05, 0.1) is 15.4 Å². The number of carbonyl (C=O) groups is 2. The number of sulfonamides is 1. The van der Waals surface area contributed by atoms with E-state index < -0.39 is 32.7 Å². The molecule has 1 fully saturated rings. The molecule has 2 N–H and O–H groups in total. The Hall–Kier alpha value is -3.18. The number of nitro benzene ring substituents is 1. The number of carbonyl (C=O) groups excluding carboxylic acids is 2. The SMILES string of the molecule is C[C@H](OC(=O)c1ccc(NS(=O)(=O)c2ccc(Cl)c([N+](=O)[O-])c2)cc1)C(=O)NC1CCCCC1. The fraction of sp³-hybridized carbons (Fsp3) is 0.364. The van der Waals surface area contributed by atoms with Crippen LogP contribution in [0.15, 0.2) is 47.4 Å². The van der Waals surface area contributed by atoms with Gasteiger partial charge in [-0.2, -0.15) is 0 Å². The summed E-state index contributed by atoms with van der Waals surface area (Å²) >= 11 is 5.73. The molecule has 0 aliphatic heterocycles. The topological polar surface area (TPSA) is 145 Å². The maximum Gasteiger partial charge on any atom is 0.338 e. The predicted molar refractivity (Wildman–Crippen MR) is 125 cm³/mol. The molecule has 34 heavy (non-hydrogen) atoms. The fourth-order valence-electron chi connectivity index (χ4n) is 3.54. The fourth-order valence-corrected chi connectivity index (χ4v) is 4.80. The average molecular weight is 510 g/mol. The van der Waals surface area contributed by atoms with Crippen LogP contribution < -0.4 is 10.0 Å². The second-order valence-corrected chi connectivity index (χ2v) is 10.0. The van der Waals surface area contributed by atoms with Gasteiger partial charge in [0.15, 0.2) is 6.10 Å². The summed E-state index contributed by atoms with van der Waals surface area (Å²) in [6.07, 6.45) is 4.12. The molecule has 1 saturated carbocycles. The predicted octanol–water partition coefficient (Wildman–Crippen LogP) is 4.04. The van der Waals surface area contributed by atoms with Gasteiger partial charge in [-0.1, -0.05) is 30.9 Å². The van der Waals surface area contributed by atoms with Crippen molar-refractivity contribution in [1.82, 2.24) is 5.32 Å². The summed E-state index contributed by atoms with van der Waals surface area (Å²) in [4.78, 5) is 34.6. The molecule has 1 atom stereocenters. The zero-order valence-corrected chi connectivity index (χ0v) is 19.9. The highest BCUT2D eigenvalue weighted by molar-refractivity contribution is 7.92. The standard InChI is InChI=1S/C22H24ClN3O7S/c1-14(21(27)24-16-5-3-2-4-6-16)33-22(28)15-7-9-17(10-8-15)25-34(31,32)18-11-12-19(23)20(13-18)26(29)30/h7-14,16,25H,2-6H2,1H3,(H,24,27)/t14-/m0/s1. The molecule has 0 heterocycles. The molecule has 10 nitrogen and oxygen atoms in total. The Labute approximate surface area is 201 Å². The van der Waals surface area contributed by atoms with Crippen LogP contribution >= 0.6 is 11.6 Å². The third kappa shape index (κ3) is 6.45. The number of benzene rings is 2. The van der Waals surface area contributed by atoms with Crippen molar-refractivity contribution in [3.8, 4) is 0 Å². The lowest BCUT2D eigenvalue weighted by atomic mass is 9.95. The number of hydrogen-bond donors (Lipinski definition) is 2. The molecule has 0 saturated heterocycles. The first-order chi connectivity index (χ1) is 16.1. The van der Waals surface area contributed by atoms with E-state index in [1.165, 1.54) is 31.2 Å². The summed E-state index contributed by atoms with van der Waals surface area (Å²) < 4.78 is 32.7. The number of halogens is 1. The summed E-state index contributed by atoms with van der Waals surface area (Å²) in [5.41, 5.74) is -0.288. The van der Waals surface area contributed by atoms with Crippen molar-refractivity contribution in [1.29, 1.82) is 0 Å². The van der Waals surface area contributed by atoms with Crippen molar-refractivity contribution in [3.63, 3.8) is 0 Å². The molecule has 1 aliphatic rings. The Balaban J connectivity index is 1.61. The highest BCUT2D eigenvalue weighted by Crippen LogP contribution is 2.28. The molecular weight excluding hydrogens is 486 g/mol. The van der Waals surface area contributed by atoms with Crippen molar-refractivity contribution in [2.45, 2.75) is 56.1 Å². The Bertz CT molecular complexity index is 1180. The molecule has 1 amide bonds. The van der Waals surface area contributed by atoms with Crippen molar-refractivity contribution in [2.24, 2.45) is 0 Å². The van der Waals surface area contributed by atoms with E-state index >= 15 is 0 Å². The van der Waals surface area contributed by atoms with E-state index in [1.807, 2.05) is 0 Å². The van der Waals surface area contributed by atoms with Crippen LogP contribution in [0.3, 0.4) is 0 Å². The summed E-state index contributed by atoms with van der Waals surface area (Å²) in [6.45, 7) is 1.49. The molecule has 182 valence electrons. The smallest absolute Gasteiger partial charge is 0.338 e. The second kappa shape index (κ2) is 10.8. The minimum atomic E-state index is -4.15. The number of nitrogens with zero attached hydrogens (tertiary/aromatic N) is 1. The molecule has 0 aromatic heterocycles. The van der Waals surface area contributed by atoms with Crippen LogP contribution in [0, 0.1) is 10.1 Å². The van der Waals surface area contributed by atoms with Gasteiger partial charge in [-0.3, -0.25) is 19.6 Å². The first kappa shape index (κ1) is 25.4. The molecule has 2 aromatic carbocycles. The normalized spacial score (nSPS) is 15.2. The van der Waals surface area contributed by atoms with E-state index in [0.29, 0.717) is 0 Å². The van der Waals surface area contributed by atoms with Gasteiger partial charge in [0.2, 0.25) is 0 Å². The average Bonchev–Trinajstić information content (AvgIpc) is 2.79. The molecule has 0 unspecified atom stereocenters. The van der Waals surface area contributed by atoms with Crippen LogP contribution in [0.4, 0.5) is 11.4 Å². The third-order valence-corrected chi connectivity index (χ3v) is 7.10. The van der Waals surface area contributed by atoms with Crippen LogP contribution in [0.1, 0.15) is 49.4 Å². The summed E-state index contributed by atoms with van der Waals surface area (Å²) in [6, 6.07) is 8.58. The Morgan fingerprint density at radius 2 is 1.76 bits per heavy atom. The van der Waals surface area contributed by atoms with Gasteiger partial charge in [0.1, 0.15) is 5.02 Å². The van der Waals surface area contributed by atoms with Crippen molar-refractivity contribution < 1.29 is 27.7 Å². The lowest BCUT2D eigenvalue weighted by Crippen LogP contribution is -2.42. The maximum absolute atomic E-state index is 12.6. The number of nitro groups is 1. The molecular formula is C22H24ClN3O7S. The van der Waals surface area contributed by atoms with Gasteiger partial charge >= 0.3 is 5.97 Å². The molecule has 0 radical (unpaired) electrons. The summed E-state index contributed by atoms with van der Waals surface area (Å²) in [7, 11) is -4.15. The van der Waals surface area contributed by atoms with Crippen LogP contribution in [-0.4, -0.2) is 37.4 Å². The quantitative estimate of drug-likeness (QED) is 0.310. The Kier molecular flexibility index (Phi) is 8.11. The number of hydrogen-bond acceptors (Lipinski definition) is 7. The Morgan fingerprint density at radius 1 is 1.12 bits per heavy atom. The number of amides is 1. The molecule has 12 heteroatoms. The molecule has 3 rings (SSSR count).